The number of nitrogens with zero attached hydrogens (tertiary/aromatic N) is 5. The number of aryl methyl sites for hydroxylation is 1. The Labute approximate surface area is 190 Å². The molecule has 0 spiro atoms. The van der Waals surface area contributed by atoms with Gasteiger partial charge in [-0.2, -0.15) is 0 Å². The molecule has 3 aromatic heterocycles. The Morgan fingerprint density at radius 1 is 1.21 bits per heavy atom. The number of nitrogens with two attached hydrogens (primary N) is 1. The highest BCUT2D eigenvalue weighted by atomic mass is 19.1. The van der Waals surface area contributed by atoms with E-state index in [-0.39, 0.29) is 5.82 Å². The fourth-order valence-electron chi connectivity index (χ4n) is 4.29. The summed E-state index contributed by atoms with van der Waals surface area (Å²) in [6.45, 7) is 3.90. The van der Waals surface area contributed by atoms with Crippen molar-refractivity contribution in [2.24, 2.45) is 5.73 Å². The normalized spacial score (nSPS) is 13.8. The minimum Gasteiger partial charge on any atom is -0.366 e. The van der Waals surface area contributed by atoms with E-state index in [4.69, 9.17) is 15.7 Å². The Hall–Kier alpha value is -3.85. The summed E-state index contributed by atoms with van der Waals surface area (Å²) in [6.07, 6.45) is 2.64. The lowest BCUT2D eigenvalue weighted by Gasteiger charge is -2.26. The second kappa shape index (κ2) is 8.25. The Kier molecular flexibility index (Phi) is 5.26. The van der Waals surface area contributed by atoms with Crippen molar-refractivity contribution in [3.8, 4) is 11.5 Å². The van der Waals surface area contributed by atoms with Gasteiger partial charge in [0, 0.05) is 31.4 Å². The van der Waals surface area contributed by atoms with Crippen LogP contribution in [0.1, 0.15) is 32.9 Å². The molecule has 0 atom stereocenters. The van der Waals surface area contributed by atoms with Gasteiger partial charge in [-0.3, -0.25) is 9.20 Å². The molecule has 0 radical (unpaired) electrons. The molecule has 3 N–H and O–H groups in total. The number of nitrogens with one attached hydrogen (secondary N) is 1. The van der Waals surface area contributed by atoms with Crippen LogP contribution in [0.25, 0.3) is 17.2 Å². The van der Waals surface area contributed by atoms with Gasteiger partial charge in [-0.05, 0) is 50.2 Å². The smallest absolute Gasteiger partial charge is 0.252 e. The lowest BCUT2D eigenvalue weighted by Crippen LogP contribution is -2.29. The number of halogens is 1. The molecule has 0 saturated heterocycles. The van der Waals surface area contributed by atoms with Crippen molar-refractivity contribution in [2.45, 2.75) is 26.4 Å². The summed E-state index contributed by atoms with van der Waals surface area (Å²) in [5.41, 5.74) is 10.6. The van der Waals surface area contributed by atoms with Crippen molar-refractivity contribution in [3.05, 3.63) is 76.5 Å². The summed E-state index contributed by atoms with van der Waals surface area (Å²) < 4.78 is 15.4. The number of aromatic nitrogens is 4. The van der Waals surface area contributed by atoms with Gasteiger partial charge in [0.05, 0.1) is 17.0 Å². The van der Waals surface area contributed by atoms with E-state index in [0.29, 0.717) is 41.5 Å². The SMILES string of the molecule is Cc1nc2c(C(N)=O)cccn2c1-c1nc2c(c(NCc3cccc(F)c3)n1)CCN(C)C2. The molecular formula is C24H24FN7O. The molecule has 33 heavy (non-hydrogen) atoms. The van der Waals surface area contributed by atoms with Gasteiger partial charge in [-0.25, -0.2) is 19.3 Å². The summed E-state index contributed by atoms with van der Waals surface area (Å²) in [7, 11) is 2.06. The largest absolute Gasteiger partial charge is 0.366 e. The number of carbonyl (C=O) groups excluding carboxylic acids is 1. The predicted octanol–water partition coefficient (Wildman–Crippen LogP) is 2.94. The molecule has 9 heteroatoms. The van der Waals surface area contributed by atoms with Crippen molar-refractivity contribution in [1.82, 2.24) is 24.3 Å². The summed E-state index contributed by atoms with van der Waals surface area (Å²) in [5, 5.41) is 3.39. The summed E-state index contributed by atoms with van der Waals surface area (Å²) in [6, 6.07) is 9.92. The van der Waals surface area contributed by atoms with Gasteiger partial charge < -0.3 is 16.0 Å². The van der Waals surface area contributed by atoms with Crippen LogP contribution in [0.4, 0.5) is 10.2 Å². The number of likely N-dealkylation sites (N-methyl/N-ethyl adjacent to an activating group) is 1. The maximum absolute atomic E-state index is 13.6. The van der Waals surface area contributed by atoms with Crippen molar-refractivity contribution >= 4 is 17.4 Å². The van der Waals surface area contributed by atoms with Gasteiger partial charge in [-0.1, -0.05) is 12.1 Å². The Bertz CT molecular complexity index is 1380. The number of pyridine rings is 1. The molecule has 1 amide bonds. The molecule has 4 aromatic rings. The predicted molar refractivity (Wildman–Crippen MR) is 123 cm³/mol. The first-order chi connectivity index (χ1) is 15.9. The average Bonchev–Trinajstić information content (AvgIpc) is 3.12. The maximum Gasteiger partial charge on any atom is 0.252 e. The third-order valence-electron chi connectivity index (χ3n) is 5.91. The first-order valence-electron chi connectivity index (χ1n) is 10.7. The maximum atomic E-state index is 13.6. The second-order valence-electron chi connectivity index (χ2n) is 8.32. The number of primary amides is 1. The molecule has 1 aliphatic rings. The van der Waals surface area contributed by atoms with E-state index < -0.39 is 5.91 Å². The highest BCUT2D eigenvalue weighted by Gasteiger charge is 2.24. The number of benzene rings is 1. The molecule has 5 rings (SSSR count). The van der Waals surface area contributed by atoms with Crippen LogP contribution >= 0.6 is 0 Å². The topological polar surface area (TPSA) is 101 Å². The highest BCUT2D eigenvalue weighted by Crippen LogP contribution is 2.29. The third kappa shape index (κ3) is 3.91. The van der Waals surface area contributed by atoms with Crippen molar-refractivity contribution in [1.29, 1.82) is 0 Å². The highest BCUT2D eigenvalue weighted by molar-refractivity contribution is 5.99. The van der Waals surface area contributed by atoms with Crippen LogP contribution in [0.15, 0.2) is 42.6 Å². The zero-order valence-electron chi connectivity index (χ0n) is 18.5. The standard InChI is InChI=1S/C24H24FN7O/c1-14-20(32-9-4-7-18(21(26)33)24(32)28-14)23-29-19-13-31(2)10-8-17(19)22(30-23)27-12-15-5-3-6-16(25)11-15/h3-7,9,11H,8,10,12-13H2,1-2H3,(H2,26,33)(H,27,29,30). The van der Waals surface area contributed by atoms with E-state index in [1.54, 1.807) is 22.6 Å². The van der Waals surface area contributed by atoms with Crippen LogP contribution in [0.2, 0.25) is 0 Å². The molecule has 0 unspecified atom stereocenters. The third-order valence-corrected chi connectivity index (χ3v) is 5.91. The fraction of sp³-hybridized carbons (Fsp3) is 0.250. The zero-order valence-corrected chi connectivity index (χ0v) is 18.5. The van der Waals surface area contributed by atoms with E-state index >= 15 is 0 Å². The fourth-order valence-corrected chi connectivity index (χ4v) is 4.29. The number of amides is 1. The lowest BCUT2D eigenvalue weighted by molar-refractivity contribution is 0.100. The summed E-state index contributed by atoms with van der Waals surface area (Å²) in [4.78, 5) is 28.4. The van der Waals surface area contributed by atoms with Gasteiger partial charge in [0.2, 0.25) is 0 Å². The van der Waals surface area contributed by atoms with Crippen LogP contribution in [0, 0.1) is 12.7 Å². The van der Waals surface area contributed by atoms with Crippen molar-refractivity contribution in [3.63, 3.8) is 0 Å². The molecular weight excluding hydrogens is 421 g/mol. The van der Waals surface area contributed by atoms with Gasteiger partial charge in [0.25, 0.3) is 5.91 Å². The van der Waals surface area contributed by atoms with Crippen LogP contribution in [-0.2, 0) is 19.5 Å². The van der Waals surface area contributed by atoms with Crippen LogP contribution in [0.3, 0.4) is 0 Å². The van der Waals surface area contributed by atoms with E-state index in [2.05, 4.69) is 22.2 Å². The minimum absolute atomic E-state index is 0.270. The number of carbonyl (C=O) groups is 1. The molecule has 0 saturated carbocycles. The Balaban J connectivity index is 1.62. The molecule has 0 aliphatic carbocycles. The first-order valence-corrected chi connectivity index (χ1v) is 10.7. The van der Waals surface area contributed by atoms with E-state index in [0.717, 1.165) is 35.6 Å². The molecule has 1 aliphatic heterocycles. The van der Waals surface area contributed by atoms with Gasteiger partial charge >= 0.3 is 0 Å². The van der Waals surface area contributed by atoms with Crippen LogP contribution in [-0.4, -0.2) is 43.8 Å². The van der Waals surface area contributed by atoms with E-state index in [1.165, 1.54) is 12.1 Å². The lowest BCUT2D eigenvalue weighted by atomic mass is 10.1. The minimum atomic E-state index is -0.539. The molecule has 0 bridgehead atoms. The zero-order chi connectivity index (χ0) is 23.1. The quantitative estimate of drug-likeness (QED) is 0.490. The molecule has 4 heterocycles. The van der Waals surface area contributed by atoms with Crippen LogP contribution < -0.4 is 11.1 Å². The number of hydrogen-bond donors (Lipinski definition) is 2. The average molecular weight is 446 g/mol. The molecule has 168 valence electrons. The number of rotatable bonds is 5. The second-order valence-corrected chi connectivity index (χ2v) is 8.32. The summed E-state index contributed by atoms with van der Waals surface area (Å²) >= 11 is 0. The van der Waals surface area contributed by atoms with Gasteiger partial charge in [0.1, 0.15) is 23.0 Å². The first kappa shape index (κ1) is 21.0. The number of anilines is 1. The monoisotopic (exact) mass is 445 g/mol. The summed E-state index contributed by atoms with van der Waals surface area (Å²) in [5.74, 6) is 0.431. The molecule has 8 nitrogen and oxygen atoms in total. The number of imidazole rings is 1. The van der Waals surface area contributed by atoms with Gasteiger partial charge in [0.15, 0.2) is 5.82 Å². The van der Waals surface area contributed by atoms with Gasteiger partial charge in [-0.15, -0.1) is 0 Å². The number of fused-ring (bicyclic) bond motifs is 2. The van der Waals surface area contributed by atoms with Crippen molar-refractivity contribution in [2.75, 3.05) is 18.9 Å². The molecule has 1 aromatic carbocycles. The molecule has 0 fully saturated rings. The number of hydrogen-bond acceptors (Lipinski definition) is 6. The Morgan fingerprint density at radius 2 is 2.06 bits per heavy atom. The van der Waals surface area contributed by atoms with E-state index in [9.17, 15) is 9.18 Å². The Morgan fingerprint density at radius 3 is 2.85 bits per heavy atom. The van der Waals surface area contributed by atoms with E-state index in [1.807, 2.05) is 19.2 Å². The van der Waals surface area contributed by atoms with Crippen molar-refractivity contribution < 1.29 is 9.18 Å². The van der Waals surface area contributed by atoms with Crippen LogP contribution in [0.5, 0.6) is 0 Å².